The Balaban J connectivity index is 1.96. The molecular weight excluding hydrogens is 216 g/mol. The molecule has 0 amide bonds. The molecule has 1 aliphatic carbocycles. The molecule has 1 fully saturated rings. The molecule has 0 spiro atoms. The standard InChI is InChI=1S/C13H16N2S/c1-2-13(6-3-7-13)15-12-10-5-9-16-11(10)4-8-14-12/h4-5,8-9H,2-3,6-7H2,1H3,(H,14,15). The van der Waals surface area contributed by atoms with Gasteiger partial charge in [-0.3, -0.25) is 0 Å². The number of aromatic nitrogens is 1. The van der Waals surface area contributed by atoms with Crippen LogP contribution in [-0.2, 0) is 0 Å². The van der Waals surface area contributed by atoms with Crippen LogP contribution in [0.15, 0.2) is 23.7 Å². The Hall–Kier alpha value is -1.09. The summed E-state index contributed by atoms with van der Waals surface area (Å²) in [6.45, 7) is 2.26. The molecule has 84 valence electrons. The lowest BCUT2D eigenvalue weighted by Gasteiger charge is -2.42. The van der Waals surface area contributed by atoms with Crippen molar-refractivity contribution in [1.29, 1.82) is 0 Å². The van der Waals surface area contributed by atoms with Crippen molar-refractivity contribution >= 4 is 27.2 Å². The minimum absolute atomic E-state index is 0.323. The average molecular weight is 232 g/mol. The Morgan fingerprint density at radius 3 is 3.00 bits per heavy atom. The van der Waals surface area contributed by atoms with Crippen molar-refractivity contribution < 1.29 is 0 Å². The minimum Gasteiger partial charge on any atom is -0.364 e. The zero-order valence-electron chi connectivity index (χ0n) is 9.49. The molecule has 3 rings (SSSR count). The summed E-state index contributed by atoms with van der Waals surface area (Å²) >= 11 is 1.78. The summed E-state index contributed by atoms with van der Waals surface area (Å²) in [4.78, 5) is 4.49. The summed E-state index contributed by atoms with van der Waals surface area (Å²) in [5.74, 6) is 1.07. The highest BCUT2D eigenvalue weighted by Gasteiger charge is 2.35. The van der Waals surface area contributed by atoms with E-state index in [0.717, 1.165) is 5.82 Å². The highest BCUT2D eigenvalue weighted by atomic mass is 32.1. The minimum atomic E-state index is 0.323. The third-order valence-corrected chi connectivity index (χ3v) is 4.63. The van der Waals surface area contributed by atoms with Crippen LogP contribution in [0, 0.1) is 0 Å². The molecule has 0 radical (unpaired) electrons. The molecule has 0 atom stereocenters. The van der Waals surface area contributed by atoms with Gasteiger partial charge in [-0.05, 0) is 43.2 Å². The van der Waals surface area contributed by atoms with Gasteiger partial charge in [0.05, 0.1) is 0 Å². The van der Waals surface area contributed by atoms with Crippen LogP contribution in [0.1, 0.15) is 32.6 Å². The van der Waals surface area contributed by atoms with E-state index in [2.05, 4.69) is 34.7 Å². The zero-order chi connectivity index (χ0) is 11.0. The topological polar surface area (TPSA) is 24.9 Å². The number of fused-ring (bicyclic) bond motifs is 1. The maximum absolute atomic E-state index is 4.49. The van der Waals surface area contributed by atoms with Crippen molar-refractivity contribution in [3.63, 3.8) is 0 Å². The number of pyridine rings is 1. The molecule has 0 aliphatic heterocycles. The maximum atomic E-state index is 4.49. The number of hydrogen-bond donors (Lipinski definition) is 1. The summed E-state index contributed by atoms with van der Waals surface area (Å²) in [5, 5.41) is 7.07. The van der Waals surface area contributed by atoms with E-state index in [1.54, 1.807) is 11.3 Å². The van der Waals surface area contributed by atoms with E-state index in [0.29, 0.717) is 5.54 Å². The summed E-state index contributed by atoms with van der Waals surface area (Å²) in [6, 6.07) is 4.25. The van der Waals surface area contributed by atoms with E-state index < -0.39 is 0 Å². The number of nitrogens with zero attached hydrogens (tertiary/aromatic N) is 1. The second-order valence-corrected chi connectivity index (χ2v) is 5.55. The predicted octanol–water partition coefficient (Wildman–Crippen LogP) is 4.04. The molecule has 16 heavy (non-hydrogen) atoms. The van der Waals surface area contributed by atoms with Crippen molar-refractivity contribution in [3.8, 4) is 0 Å². The number of hydrogen-bond acceptors (Lipinski definition) is 3. The van der Waals surface area contributed by atoms with Crippen LogP contribution in [0.5, 0.6) is 0 Å². The summed E-state index contributed by atoms with van der Waals surface area (Å²) in [6.07, 6.45) is 7.01. The summed E-state index contributed by atoms with van der Waals surface area (Å²) in [5.41, 5.74) is 0.323. The lowest BCUT2D eigenvalue weighted by atomic mass is 9.75. The smallest absolute Gasteiger partial charge is 0.135 e. The van der Waals surface area contributed by atoms with Crippen LogP contribution in [0.4, 0.5) is 5.82 Å². The molecule has 1 saturated carbocycles. The molecule has 3 heteroatoms. The van der Waals surface area contributed by atoms with Gasteiger partial charge in [0, 0.05) is 21.8 Å². The van der Waals surface area contributed by atoms with E-state index in [1.165, 1.54) is 35.8 Å². The molecule has 0 saturated heterocycles. The molecule has 2 heterocycles. The third-order valence-electron chi connectivity index (χ3n) is 3.75. The molecule has 0 bridgehead atoms. The van der Waals surface area contributed by atoms with Gasteiger partial charge in [-0.1, -0.05) is 6.92 Å². The Morgan fingerprint density at radius 1 is 1.44 bits per heavy atom. The van der Waals surface area contributed by atoms with E-state index in [4.69, 9.17) is 0 Å². The second-order valence-electron chi connectivity index (χ2n) is 4.60. The fourth-order valence-electron chi connectivity index (χ4n) is 2.42. The van der Waals surface area contributed by atoms with Crippen LogP contribution in [-0.4, -0.2) is 10.5 Å². The Morgan fingerprint density at radius 2 is 2.31 bits per heavy atom. The highest BCUT2D eigenvalue weighted by Crippen LogP contribution is 2.39. The quantitative estimate of drug-likeness (QED) is 0.863. The zero-order valence-corrected chi connectivity index (χ0v) is 10.3. The molecule has 2 nitrogen and oxygen atoms in total. The maximum Gasteiger partial charge on any atom is 0.135 e. The number of thiophene rings is 1. The molecule has 0 unspecified atom stereocenters. The second kappa shape index (κ2) is 3.74. The molecule has 2 aromatic heterocycles. The highest BCUT2D eigenvalue weighted by molar-refractivity contribution is 7.17. The first-order valence-corrected chi connectivity index (χ1v) is 6.81. The summed E-state index contributed by atoms with van der Waals surface area (Å²) < 4.78 is 1.32. The number of anilines is 1. The van der Waals surface area contributed by atoms with Crippen LogP contribution in [0.25, 0.3) is 10.1 Å². The predicted molar refractivity (Wildman–Crippen MR) is 70.1 cm³/mol. The van der Waals surface area contributed by atoms with Crippen LogP contribution in [0.3, 0.4) is 0 Å². The van der Waals surface area contributed by atoms with Crippen molar-refractivity contribution in [2.24, 2.45) is 0 Å². The van der Waals surface area contributed by atoms with Crippen LogP contribution in [0.2, 0.25) is 0 Å². The monoisotopic (exact) mass is 232 g/mol. The van der Waals surface area contributed by atoms with Gasteiger partial charge in [-0.15, -0.1) is 11.3 Å². The van der Waals surface area contributed by atoms with Gasteiger partial charge in [0.1, 0.15) is 5.82 Å². The van der Waals surface area contributed by atoms with Crippen LogP contribution < -0.4 is 5.32 Å². The van der Waals surface area contributed by atoms with Gasteiger partial charge in [-0.25, -0.2) is 4.98 Å². The molecule has 1 N–H and O–H groups in total. The van der Waals surface area contributed by atoms with E-state index in [1.807, 2.05) is 6.20 Å². The molecule has 2 aromatic rings. The Labute approximate surface area is 99.7 Å². The lowest BCUT2D eigenvalue weighted by Crippen LogP contribution is -2.44. The molecule has 0 aromatic carbocycles. The van der Waals surface area contributed by atoms with Gasteiger partial charge in [0.15, 0.2) is 0 Å². The SMILES string of the molecule is CCC1(Nc2nccc3sccc23)CCC1. The summed E-state index contributed by atoms with van der Waals surface area (Å²) in [7, 11) is 0. The fraction of sp³-hybridized carbons (Fsp3) is 0.462. The van der Waals surface area contributed by atoms with Gasteiger partial charge in [0.25, 0.3) is 0 Å². The van der Waals surface area contributed by atoms with Crippen molar-refractivity contribution in [2.45, 2.75) is 38.1 Å². The molecule has 1 aliphatic rings. The van der Waals surface area contributed by atoms with Gasteiger partial charge < -0.3 is 5.32 Å². The van der Waals surface area contributed by atoms with E-state index >= 15 is 0 Å². The van der Waals surface area contributed by atoms with Gasteiger partial charge >= 0.3 is 0 Å². The van der Waals surface area contributed by atoms with Crippen molar-refractivity contribution in [2.75, 3.05) is 5.32 Å². The first-order valence-electron chi connectivity index (χ1n) is 5.93. The van der Waals surface area contributed by atoms with Crippen molar-refractivity contribution in [3.05, 3.63) is 23.7 Å². The Kier molecular flexibility index (Phi) is 2.36. The lowest BCUT2D eigenvalue weighted by molar-refractivity contribution is 0.269. The normalized spacial score (nSPS) is 18.3. The van der Waals surface area contributed by atoms with E-state index in [9.17, 15) is 0 Å². The van der Waals surface area contributed by atoms with Crippen molar-refractivity contribution in [1.82, 2.24) is 4.98 Å². The average Bonchev–Trinajstić information content (AvgIpc) is 2.72. The first-order chi connectivity index (χ1) is 7.83. The van der Waals surface area contributed by atoms with E-state index in [-0.39, 0.29) is 0 Å². The van der Waals surface area contributed by atoms with Crippen LogP contribution >= 0.6 is 11.3 Å². The number of rotatable bonds is 3. The Bertz CT molecular complexity index is 494. The molecular formula is C13H16N2S. The fourth-order valence-corrected chi connectivity index (χ4v) is 3.20. The van der Waals surface area contributed by atoms with Gasteiger partial charge in [-0.2, -0.15) is 0 Å². The number of nitrogens with one attached hydrogen (secondary N) is 1. The largest absolute Gasteiger partial charge is 0.364 e. The van der Waals surface area contributed by atoms with Gasteiger partial charge in [0.2, 0.25) is 0 Å². The third kappa shape index (κ3) is 1.50. The first kappa shape index (κ1) is 10.1.